The molecule has 1 aromatic heterocycles. The van der Waals surface area contributed by atoms with Crippen molar-refractivity contribution in [2.75, 3.05) is 44.9 Å². The summed E-state index contributed by atoms with van der Waals surface area (Å²) in [7, 11) is 1.46. The van der Waals surface area contributed by atoms with Crippen LogP contribution in [-0.4, -0.2) is 55.0 Å². The van der Waals surface area contributed by atoms with Gasteiger partial charge in [-0.3, -0.25) is 0 Å². The molecule has 18 heavy (non-hydrogen) atoms. The summed E-state index contributed by atoms with van der Waals surface area (Å²) in [5.41, 5.74) is 0. The highest BCUT2D eigenvalue weighted by Gasteiger charge is 2.17. The summed E-state index contributed by atoms with van der Waals surface area (Å²) in [5, 5.41) is 8.47. The van der Waals surface area contributed by atoms with Gasteiger partial charge in [-0.05, 0) is 0 Å². The standard InChI is InChI=1S/C10H13N5O3/c1-16-9-12-8(15-3-6-17-7-4-15)13-10(14-9)18-5-2-11/h3-7H2,1H3. The van der Waals surface area contributed by atoms with Crippen LogP contribution in [0.15, 0.2) is 0 Å². The number of nitrogens with zero attached hydrogens (tertiary/aromatic N) is 5. The van der Waals surface area contributed by atoms with E-state index in [1.54, 1.807) is 0 Å². The molecule has 1 aliphatic heterocycles. The molecule has 0 aliphatic carbocycles. The molecule has 0 N–H and O–H groups in total. The summed E-state index contributed by atoms with van der Waals surface area (Å²) in [6.07, 6.45) is 0. The van der Waals surface area contributed by atoms with E-state index < -0.39 is 0 Å². The van der Waals surface area contributed by atoms with Gasteiger partial charge in [0.1, 0.15) is 6.07 Å². The highest BCUT2D eigenvalue weighted by Crippen LogP contribution is 2.17. The van der Waals surface area contributed by atoms with E-state index >= 15 is 0 Å². The minimum Gasteiger partial charge on any atom is -0.467 e. The molecule has 0 spiro atoms. The molecule has 8 nitrogen and oxygen atoms in total. The number of hydrogen-bond acceptors (Lipinski definition) is 8. The van der Waals surface area contributed by atoms with Crippen LogP contribution in [0.2, 0.25) is 0 Å². The van der Waals surface area contributed by atoms with Gasteiger partial charge in [0.25, 0.3) is 0 Å². The van der Waals surface area contributed by atoms with Crippen molar-refractivity contribution in [3.63, 3.8) is 0 Å². The van der Waals surface area contributed by atoms with E-state index in [9.17, 15) is 0 Å². The average molecular weight is 251 g/mol. The maximum absolute atomic E-state index is 8.47. The number of methoxy groups -OCH3 is 1. The first kappa shape index (κ1) is 12.3. The molecule has 1 aromatic rings. The minimum atomic E-state index is -0.115. The lowest BCUT2D eigenvalue weighted by Crippen LogP contribution is -2.37. The quantitative estimate of drug-likeness (QED) is 0.714. The van der Waals surface area contributed by atoms with Crippen molar-refractivity contribution in [3.05, 3.63) is 0 Å². The van der Waals surface area contributed by atoms with Crippen molar-refractivity contribution < 1.29 is 14.2 Å². The fourth-order valence-corrected chi connectivity index (χ4v) is 1.49. The summed E-state index contributed by atoms with van der Waals surface area (Å²) in [6, 6.07) is 2.11. The molecule has 0 saturated carbocycles. The van der Waals surface area contributed by atoms with Gasteiger partial charge in [-0.25, -0.2) is 0 Å². The van der Waals surface area contributed by atoms with Gasteiger partial charge in [-0.2, -0.15) is 15.2 Å². The number of nitriles is 1. The van der Waals surface area contributed by atoms with Gasteiger partial charge in [0, 0.05) is 13.1 Å². The third kappa shape index (κ3) is 2.95. The van der Waals surface area contributed by atoms with Crippen LogP contribution in [0.1, 0.15) is 0 Å². The second-order valence-corrected chi connectivity index (χ2v) is 3.45. The van der Waals surface area contributed by atoms with E-state index in [-0.39, 0.29) is 18.6 Å². The Morgan fingerprint density at radius 3 is 2.67 bits per heavy atom. The Labute approximate surface area is 104 Å². The summed E-state index contributed by atoms with van der Waals surface area (Å²) >= 11 is 0. The van der Waals surface area contributed by atoms with Gasteiger partial charge in [0.05, 0.1) is 20.3 Å². The molecule has 96 valence electrons. The third-order valence-corrected chi connectivity index (χ3v) is 2.32. The van der Waals surface area contributed by atoms with Crippen molar-refractivity contribution in [1.29, 1.82) is 5.26 Å². The first-order valence-corrected chi connectivity index (χ1v) is 5.46. The van der Waals surface area contributed by atoms with Crippen LogP contribution in [0.25, 0.3) is 0 Å². The van der Waals surface area contributed by atoms with E-state index in [0.717, 1.165) is 0 Å². The molecule has 0 radical (unpaired) electrons. The second kappa shape index (κ2) is 5.97. The van der Waals surface area contributed by atoms with E-state index in [1.165, 1.54) is 7.11 Å². The summed E-state index contributed by atoms with van der Waals surface area (Å²) < 4.78 is 15.3. The Hall–Kier alpha value is -2.14. The van der Waals surface area contributed by atoms with Gasteiger partial charge in [0.2, 0.25) is 5.95 Å². The number of rotatable bonds is 4. The van der Waals surface area contributed by atoms with Crippen molar-refractivity contribution in [1.82, 2.24) is 15.0 Å². The van der Waals surface area contributed by atoms with Crippen LogP contribution in [0.5, 0.6) is 12.0 Å². The minimum absolute atomic E-state index is 0.0879. The molecule has 0 aromatic carbocycles. The first-order chi connectivity index (χ1) is 8.83. The van der Waals surface area contributed by atoms with Crippen molar-refractivity contribution in [3.8, 4) is 18.1 Å². The molecule has 1 aliphatic rings. The van der Waals surface area contributed by atoms with Crippen LogP contribution in [-0.2, 0) is 4.74 Å². The molecule has 0 atom stereocenters. The monoisotopic (exact) mass is 251 g/mol. The normalized spacial score (nSPS) is 15.0. The second-order valence-electron chi connectivity index (χ2n) is 3.45. The van der Waals surface area contributed by atoms with Gasteiger partial charge in [-0.15, -0.1) is 4.98 Å². The fourth-order valence-electron chi connectivity index (χ4n) is 1.49. The molecule has 1 saturated heterocycles. The largest absolute Gasteiger partial charge is 0.467 e. The number of hydrogen-bond donors (Lipinski definition) is 0. The third-order valence-electron chi connectivity index (χ3n) is 2.32. The van der Waals surface area contributed by atoms with Crippen LogP contribution in [0.3, 0.4) is 0 Å². The first-order valence-electron chi connectivity index (χ1n) is 5.46. The molecular formula is C10H13N5O3. The van der Waals surface area contributed by atoms with Crippen molar-refractivity contribution in [2.45, 2.75) is 0 Å². The average Bonchev–Trinajstić information content (AvgIpc) is 2.45. The van der Waals surface area contributed by atoms with Gasteiger partial charge in [0.15, 0.2) is 6.61 Å². The molecular weight excluding hydrogens is 238 g/mol. The molecule has 1 fully saturated rings. The Kier molecular flexibility index (Phi) is 4.09. The molecule has 2 rings (SSSR count). The lowest BCUT2D eigenvalue weighted by atomic mass is 10.4. The number of anilines is 1. The summed E-state index contributed by atoms with van der Waals surface area (Å²) in [4.78, 5) is 14.1. The van der Waals surface area contributed by atoms with Crippen LogP contribution in [0.4, 0.5) is 5.95 Å². The van der Waals surface area contributed by atoms with E-state index in [0.29, 0.717) is 32.3 Å². The lowest BCUT2D eigenvalue weighted by Gasteiger charge is -2.26. The highest BCUT2D eigenvalue weighted by atomic mass is 16.5. The van der Waals surface area contributed by atoms with Gasteiger partial charge in [-0.1, -0.05) is 0 Å². The van der Waals surface area contributed by atoms with Gasteiger partial charge >= 0.3 is 12.0 Å². The zero-order valence-electron chi connectivity index (χ0n) is 10.00. The Morgan fingerprint density at radius 2 is 2.00 bits per heavy atom. The summed E-state index contributed by atoms with van der Waals surface area (Å²) in [6.45, 7) is 2.54. The fraction of sp³-hybridized carbons (Fsp3) is 0.600. The van der Waals surface area contributed by atoms with Crippen LogP contribution < -0.4 is 14.4 Å². The predicted molar refractivity (Wildman–Crippen MR) is 60.5 cm³/mol. The number of morpholine rings is 1. The van der Waals surface area contributed by atoms with E-state index in [4.69, 9.17) is 19.5 Å². The van der Waals surface area contributed by atoms with Crippen LogP contribution in [0, 0.1) is 11.3 Å². The van der Waals surface area contributed by atoms with Crippen molar-refractivity contribution in [2.24, 2.45) is 0 Å². The molecule has 0 amide bonds. The molecule has 0 bridgehead atoms. The Balaban J connectivity index is 2.19. The molecule has 8 heteroatoms. The van der Waals surface area contributed by atoms with E-state index in [1.807, 2.05) is 11.0 Å². The van der Waals surface area contributed by atoms with Gasteiger partial charge < -0.3 is 19.1 Å². The molecule has 2 heterocycles. The van der Waals surface area contributed by atoms with E-state index in [2.05, 4.69) is 15.0 Å². The SMILES string of the molecule is COc1nc(OCC#N)nc(N2CCOCC2)n1. The molecule has 0 unspecified atom stereocenters. The smallest absolute Gasteiger partial charge is 0.325 e. The Morgan fingerprint density at radius 1 is 1.28 bits per heavy atom. The Bertz CT molecular complexity index is 442. The predicted octanol–water partition coefficient (Wildman–Crippen LogP) is -0.381. The summed E-state index contributed by atoms with van der Waals surface area (Å²) in [5.74, 6) is 0.470. The topological polar surface area (TPSA) is 93.4 Å². The maximum Gasteiger partial charge on any atom is 0.325 e. The zero-order chi connectivity index (χ0) is 12.8. The van der Waals surface area contributed by atoms with Crippen LogP contribution >= 0.6 is 0 Å². The number of ether oxygens (including phenoxy) is 3. The van der Waals surface area contributed by atoms with Crippen molar-refractivity contribution >= 4 is 5.95 Å². The highest BCUT2D eigenvalue weighted by molar-refractivity contribution is 5.32. The number of aromatic nitrogens is 3. The zero-order valence-corrected chi connectivity index (χ0v) is 10.00. The maximum atomic E-state index is 8.47. The lowest BCUT2D eigenvalue weighted by molar-refractivity contribution is 0.121.